The van der Waals surface area contributed by atoms with E-state index >= 15 is 0 Å². The SMILES string of the molecule is NC(=O)C12CC3CC(C1)C(NC(=O)C1(N(c4ccc5c(c4)OCO5)S(=O)[O-])CC1)C(C3)C2. The molecule has 9 nitrogen and oxygen atoms in total. The molecule has 2 amide bonds. The number of hydrogen-bond acceptors (Lipinski definition) is 6. The lowest BCUT2D eigenvalue weighted by Crippen LogP contribution is -2.64. The van der Waals surface area contributed by atoms with Crippen LogP contribution < -0.4 is 24.8 Å². The van der Waals surface area contributed by atoms with Gasteiger partial charge >= 0.3 is 0 Å². The zero-order valence-electron chi connectivity index (χ0n) is 17.6. The Morgan fingerprint density at radius 1 is 1.12 bits per heavy atom. The van der Waals surface area contributed by atoms with E-state index in [1.54, 1.807) is 18.2 Å². The quantitative estimate of drug-likeness (QED) is 0.616. The third-order valence-corrected chi connectivity index (χ3v) is 9.23. The van der Waals surface area contributed by atoms with Crippen LogP contribution in [-0.4, -0.2) is 38.9 Å². The number of nitrogens with one attached hydrogen (secondary N) is 1. The van der Waals surface area contributed by atoms with Gasteiger partial charge in [0.25, 0.3) is 0 Å². The van der Waals surface area contributed by atoms with Gasteiger partial charge in [-0.1, -0.05) is 0 Å². The smallest absolute Gasteiger partial charge is 0.247 e. The molecule has 5 saturated carbocycles. The maximum absolute atomic E-state index is 13.5. The molecular weight excluding hydrogens is 434 g/mol. The van der Waals surface area contributed by atoms with Crippen molar-refractivity contribution in [3.05, 3.63) is 18.2 Å². The van der Waals surface area contributed by atoms with Gasteiger partial charge in [0.05, 0.1) is 5.69 Å². The molecule has 1 heterocycles. The molecule has 172 valence electrons. The predicted molar refractivity (Wildman–Crippen MR) is 113 cm³/mol. The van der Waals surface area contributed by atoms with Crippen LogP contribution in [-0.2, 0) is 20.9 Å². The van der Waals surface area contributed by atoms with Crippen LogP contribution in [0.25, 0.3) is 0 Å². The molecule has 5 aliphatic carbocycles. The van der Waals surface area contributed by atoms with Crippen LogP contribution in [0.15, 0.2) is 18.2 Å². The summed E-state index contributed by atoms with van der Waals surface area (Å²) >= 11 is -2.64. The zero-order chi connectivity index (χ0) is 22.3. The van der Waals surface area contributed by atoms with Crippen LogP contribution in [0.5, 0.6) is 11.5 Å². The van der Waals surface area contributed by atoms with Gasteiger partial charge in [-0.3, -0.25) is 18.1 Å². The highest BCUT2D eigenvalue weighted by Gasteiger charge is 2.61. The highest BCUT2D eigenvalue weighted by Crippen LogP contribution is 2.60. The van der Waals surface area contributed by atoms with Crippen molar-refractivity contribution in [2.75, 3.05) is 11.1 Å². The molecule has 3 atom stereocenters. The maximum Gasteiger partial charge on any atom is 0.247 e. The van der Waals surface area contributed by atoms with Crippen LogP contribution in [0.1, 0.15) is 44.9 Å². The summed E-state index contributed by atoms with van der Waals surface area (Å²) in [5.41, 5.74) is 4.60. The monoisotopic (exact) mass is 460 g/mol. The first kappa shape index (κ1) is 20.3. The molecule has 4 bridgehead atoms. The van der Waals surface area contributed by atoms with Gasteiger partial charge in [-0.25, -0.2) is 0 Å². The first-order chi connectivity index (χ1) is 15.3. The van der Waals surface area contributed by atoms with Gasteiger partial charge in [-0.05, 0) is 74.8 Å². The van der Waals surface area contributed by atoms with Gasteiger partial charge < -0.3 is 25.1 Å². The molecule has 6 aliphatic rings. The molecule has 32 heavy (non-hydrogen) atoms. The van der Waals surface area contributed by atoms with Gasteiger partial charge in [-0.15, -0.1) is 0 Å². The zero-order valence-corrected chi connectivity index (χ0v) is 18.4. The minimum atomic E-state index is -2.64. The molecule has 0 aromatic heterocycles. The molecule has 5 fully saturated rings. The number of hydrogen-bond donors (Lipinski definition) is 2. The number of ether oxygens (including phenoxy) is 2. The Morgan fingerprint density at radius 2 is 1.81 bits per heavy atom. The number of amides is 2. The minimum Gasteiger partial charge on any atom is -0.755 e. The topological polar surface area (TPSA) is 134 Å². The summed E-state index contributed by atoms with van der Waals surface area (Å²) in [5, 5.41) is 3.22. The van der Waals surface area contributed by atoms with E-state index in [1.165, 1.54) is 4.31 Å². The van der Waals surface area contributed by atoms with E-state index in [9.17, 15) is 18.4 Å². The highest BCUT2D eigenvalue weighted by molar-refractivity contribution is 7.80. The van der Waals surface area contributed by atoms with E-state index in [0.29, 0.717) is 48.8 Å². The second-order valence-electron chi connectivity index (χ2n) is 10.2. The van der Waals surface area contributed by atoms with Crippen molar-refractivity contribution >= 4 is 28.8 Å². The fourth-order valence-corrected chi connectivity index (χ4v) is 7.81. The third-order valence-electron chi connectivity index (χ3n) is 8.37. The van der Waals surface area contributed by atoms with Crippen LogP contribution in [0.3, 0.4) is 0 Å². The van der Waals surface area contributed by atoms with Crippen molar-refractivity contribution in [1.82, 2.24) is 5.32 Å². The van der Waals surface area contributed by atoms with Gasteiger partial charge in [-0.2, -0.15) is 0 Å². The first-order valence-electron chi connectivity index (χ1n) is 11.2. The lowest BCUT2D eigenvalue weighted by Gasteiger charge is -2.59. The molecule has 3 unspecified atom stereocenters. The standard InChI is InChI=1S/C22H27N3O6S/c23-19(26)21-8-12-5-13(9-21)18(14(6-12)10-21)24-20(27)22(3-4-22)25(32(28)29)15-1-2-16-17(7-15)31-11-30-16/h1-2,7,12-14,18H,3-6,8-11H2,(H2,23,26)(H,24,27)(H,28,29)/p-1. The van der Waals surface area contributed by atoms with Gasteiger partial charge in [0.1, 0.15) is 5.54 Å². The van der Waals surface area contributed by atoms with E-state index in [1.807, 2.05) is 0 Å². The number of benzene rings is 1. The van der Waals surface area contributed by atoms with Crippen molar-refractivity contribution in [2.45, 2.75) is 56.5 Å². The van der Waals surface area contributed by atoms with Crippen molar-refractivity contribution in [1.29, 1.82) is 0 Å². The number of primary amides is 1. The summed E-state index contributed by atoms with van der Waals surface area (Å²) < 4.78 is 36.4. The molecule has 1 aromatic rings. The van der Waals surface area contributed by atoms with Crippen LogP contribution in [0.2, 0.25) is 0 Å². The largest absolute Gasteiger partial charge is 0.755 e. The number of nitrogens with two attached hydrogens (primary N) is 1. The minimum absolute atomic E-state index is 0.0392. The molecule has 0 spiro atoms. The Bertz CT molecular complexity index is 1010. The van der Waals surface area contributed by atoms with Gasteiger partial charge in [0.15, 0.2) is 11.5 Å². The molecular formula is C22H26N3O6S-. The second kappa shape index (κ2) is 6.84. The van der Waals surface area contributed by atoms with Crippen molar-refractivity contribution in [3.8, 4) is 11.5 Å². The molecule has 1 aromatic carbocycles. The van der Waals surface area contributed by atoms with E-state index < -0.39 is 22.2 Å². The molecule has 0 radical (unpaired) electrons. The summed E-state index contributed by atoms with van der Waals surface area (Å²) in [4.78, 5) is 25.7. The number of carbonyl (C=O) groups is 2. The second-order valence-corrected chi connectivity index (χ2v) is 11.0. The Hall–Kier alpha value is -2.33. The number of rotatable bonds is 6. The van der Waals surface area contributed by atoms with Crippen molar-refractivity contribution < 1.29 is 27.8 Å². The fraction of sp³-hybridized carbons (Fsp3) is 0.636. The maximum atomic E-state index is 13.5. The third kappa shape index (κ3) is 2.88. The first-order valence-corrected chi connectivity index (χ1v) is 12.2. The molecule has 0 saturated heterocycles. The summed E-state index contributed by atoms with van der Waals surface area (Å²) in [7, 11) is 0. The highest BCUT2D eigenvalue weighted by atomic mass is 32.2. The average molecular weight is 461 g/mol. The Kier molecular flexibility index (Phi) is 4.33. The Balaban J connectivity index is 1.25. The summed E-state index contributed by atoms with van der Waals surface area (Å²) in [5.74, 6) is 1.46. The lowest BCUT2D eigenvalue weighted by molar-refractivity contribution is -0.147. The van der Waals surface area contributed by atoms with Gasteiger partial charge in [0, 0.05) is 28.8 Å². The number of carbonyl (C=O) groups excluding carboxylic acids is 2. The Labute approximate surface area is 188 Å². The number of anilines is 1. The molecule has 3 N–H and O–H groups in total. The van der Waals surface area contributed by atoms with E-state index in [0.717, 1.165) is 19.3 Å². The predicted octanol–water partition coefficient (Wildman–Crippen LogP) is 1.34. The van der Waals surface area contributed by atoms with Crippen molar-refractivity contribution in [2.24, 2.45) is 28.9 Å². The van der Waals surface area contributed by atoms with E-state index in [2.05, 4.69) is 5.32 Å². The summed E-state index contributed by atoms with van der Waals surface area (Å²) in [6.07, 6.45) is 5.19. The summed E-state index contributed by atoms with van der Waals surface area (Å²) in [6, 6.07) is 4.86. The van der Waals surface area contributed by atoms with Crippen LogP contribution in [0, 0.1) is 23.2 Å². The average Bonchev–Trinajstić information content (AvgIpc) is 3.39. The van der Waals surface area contributed by atoms with E-state index in [-0.39, 0.29) is 36.5 Å². The number of nitrogens with zero attached hydrogens (tertiary/aromatic N) is 1. The normalized spacial score (nSPS) is 35.9. The van der Waals surface area contributed by atoms with Crippen LogP contribution in [0.4, 0.5) is 5.69 Å². The lowest BCUT2D eigenvalue weighted by atomic mass is 9.47. The number of fused-ring (bicyclic) bond motifs is 1. The molecule has 7 rings (SSSR count). The summed E-state index contributed by atoms with van der Waals surface area (Å²) in [6.45, 7) is 0.0864. The molecule has 1 aliphatic heterocycles. The van der Waals surface area contributed by atoms with E-state index in [4.69, 9.17) is 15.2 Å². The van der Waals surface area contributed by atoms with Gasteiger partial charge in [0.2, 0.25) is 18.6 Å². The van der Waals surface area contributed by atoms with Crippen molar-refractivity contribution in [3.63, 3.8) is 0 Å². The fourth-order valence-electron chi connectivity index (χ4n) is 6.98. The van der Waals surface area contributed by atoms with Crippen LogP contribution >= 0.6 is 0 Å². The molecule has 10 heteroatoms. The Morgan fingerprint density at radius 3 is 2.44 bits per heavy atom.